The second-order valence-corrected chi connectivity index (χ2v) is 6.71. The van der Waals surface area contributed by atoms with E-state index in [1.54, 1.807) is 6.92 Å². The number of nitrogens with one attached hydrogen (secondary N) is 1. The summed E-state index contributed by atoms with van der Waals surface area (Å²) in [7, 11) is 1.39. The second kappa shape index (κ2) is 6.86. The summed E-state index contributed by atoms with van der Waals surface area (Å²) in [6, 6.07) is 3.29. The predicted molar refractivity (Wildman–Crippen MR) is 90.8 cm³/mol. The Morgan fingerprint density at radius 2 is 2.11 bits per heavy atom. The molecule has 1 N–H and O–H groups in total. The van der Waals surface area contributed by atoms with Crippen molar-refractivity contribution in [1.82, 2.24) is 10.2 Å². The number of hydrogen-bond donors (Lipinski definition) is 1. The van der Waals surface area contributed by atoms with Crippen molar-refractivity contribution < 1.29 is 28.8 Å². The Morgan fingerprint density at radius 1 is 1.41 bits per heavy atom. The molecule has 2 aliphatic rings. The minimum absolute atomic E-state index is 0.0871. The molecule has 10 heteroatoms. The number of benzene rings is 1. The first-order valence-corrected chi connectivity index (χ1v) is 8.37. The van der Waals surface area contributed by atoms with Gasteiger partial charge in [-0.3, -0.25) is 24.6 Å². The fourth-order valence-electron chi connectivity index (χ4n) is 3.12. The molecule has 0 aromatic heterocycles. The van der Waals surface area contributed by atoms with Gasteiger partial charge in [0.25, 0.3) is 11.6 Å². The summed E-state index contributed by atoms with van der Waals surface area (Å²) in [5.41, 5.74) is -0.836. The molecular formula is C17H19N3O7. The highest BCUT2D eigenvalue weighted by molar-refractivity contribution is 6.08. The zero-order chi connectivity index (χ0) is 19.8. The van der Waals surface area contributed by atoms with Gasteiger partial charge in [-0.2, -0.15) is 0 Å². The number of carbonyl (C=O) groups excluding carboxylic acids is 3. The molecule has 1 aromatic rings. The minimum atomic E-state index is -0.972. The van der Waals surface area contributed by atoms with Crippen LogP contribution < -0.4 is 10.1 Å². The number of nitro groups is 1. The maximum absolute atomic E-state index is 12.5. The lowest BCUT2D eigenvalue weighted by molar-refractivity contribution is -0.385. The third kappa shape index (κ3) is 3.55. The number of ether oxygens (including phenoxy) is 2. The topological polar surface area (TPSA) is 128 Å². The van der Waals surface area contributed by atoms with Crippen LogP contribution in [0.2, 0.25) is 0 Å². The summed E-state index contributed by atoms with van der Waals surface area (Å²) in [4.78, 5) is 47.8. The predicted octanol–water partition coefficient (Wildman–Crippen LogP) is 1.37. The van der Waals surface area contributed by atoms with Crippen molar-refractivity contribution in [3.8, 4) is 5.75 Å². The SMILES string of the molecule is COc1ccc([N+](=O)[O-])cc1COC(=O)CN1C(=O)N[C@](C)(C2CC2)C1=O. The van der Waals surface area contributed by atoms with E-state index in [9.17, 15) is 24.5 Å². The van der Waals surface area contributed by atoms with Crippen LogP contribution in [0, 0.1) is 16.0 Å². The highest BCUT2D eigenvalue weighted by Gasteiger charge is 2.56. The normalized spacial score (nSPS) is 21.8. The number of amides is 3. The van der Waals surface area contributed by atoms with E-state index < -0.39 is 34.9 Å². The molecule has 10 nitrogen and oxygen atoms in total. The molecule has 1 aliphatic heterocycles. The number of nitro benzene ring substituents is 1. The molecule has 2 fully saturated rings. The average molecular weight is 377 g/mol. The fourth-order valence-corrected chi connectivity index (χ4v) is 3.12. The van der Waals surface area contributed by atoms with E-state index in [2.05, 4.69) is 5.32 Å². The van der Waals surface area contributed by atoms with Crippen LogP contribution in [0.25, 0.3) is 0 Å². The summed E-state index contributed by atoms with van der Waals surface area (Å²) in [5, 5.41) is 13.5. The Hall–Kier alpha value is -3.17. The number of carbonyl (C=O) groups is 3. The maximum atomic E-state index is 12.5. The molecule has 3 amide bonds. The van der Waals surface area contributed by atoms with Gasteiger partial charge >= 0.3 is 12.0 Å². The van der Waals surface area contributed by atoms with Gasteiger partial charge in [-0.05, 0) is 31.7 Å². The van der Waals surface area contributed by atoms with Gasteiger partial charge < -0.3 is 14.8 Å². The molecule has 0 unspecified atom stereocenters. The summed E-state index contributed by atoms with van der Waals surface area (Å²) in [6.07, 6.45) is 1.71. The minimum Gasteiger partial charge on any atom is -0.496 e. The molecule has 3 rings (SSSR count). The summed E-state index contributed by atoms with van der Waals surface area (Å²) in [5.74, 6) is -0.833. The van der Waals surface area contributed by atoms with Crippen molar-refractivity contribution in [3.05, 3.63) is 33.9 Å². The van der Waals surface area contributed by atoms with E-state index in [0.29, 0.717) is 11.3 Å². The van der Waals surface area contributed by atoms with Crippen LogP contribution in [-0.2, 0) is 20.9 Å². The van der Waals surface area contributed by atoms with Gasteiger partial charge in [-0.15, -0.1) is 0 Å². The van der Waals surface area contributed by atoms with Crippen molar-refractivity contribution in [2.75, 3.05) is 13.7 Å². The molecular weight excluding hydrogens is 358 g/mol. The second-order valence-electron chi connectivity index (χ2n) is 6.71. The lowest BCUT2D eigenvalue weighted by Gasteiger charge is -2.20. The molecule has 1 saturated carbocycles. The highest BCUT2D eigenvalue weighted by atomic mass is 16.6. The number of methoxy groups -OCH3 is 1. The van der Waals surface area contributed by atoms with Gasteiger partial charge in [0.05, 0.1) is 12.0 Å². The zero-order valence-electron chi connectivity index (χ0n) is 14.9. The standard InChI is InChI=1S/C17H19N3O7/c1-17(11-3-4-11)15(22)19(16(23)18-17)8-14(21)27-9-10-7-12(20(24)25)5-6-13(10)26-2/h5-7,11H,3-4,8-9H2,1-2H3,(H,18,23)/t17-/m1/s1. The molecule has 144 valence electrons. The number of non-ortho nitro benzene ring substituents is 1. The Balaban J connectivity index is 1.63. The Morgan fingerprint density at radius 3 is 2.70 bits per heavy atom. The van der Waals surface area contributed by atoms with Gasteiger partial charge in [0.15, 0.2) is 0 Å². The van der Waals surface area contributed by atoms with E-state index >= 15 is 0 Å². The van der Waals surface area contributed by atoms with Crippen LogP contribution in [0.15, 0.2) is 18.2 Å². The van der Waals surface area contributed by atoms with Gasteiger partial charge in [0.2, 0.25) is 0 Å². The number of esters is 1. The smallest absolute Gasteiger partial charge is 0.326 e. The van der Waals surface area contributed by atoms with Crippen LogP contribution in [0.4, 0.5) is 10.5 Å². The number of imide groups is 1. The van der Waals surface area contributed by atoms with E-state index in [0.717, 1.165) is 17.7 Å². The lowest BCUT2D eigenvalue weighted by atomic mass is 9.96. The van der Waals surface area contributed by atoms with E-state index in [1.807, 2.05) is 0 Å². The van der Waals surface area contributed by atoms with Crippen molar-refractivity contribution in [2.45, 2.75) is 31.9 Å². The molecule has 0 bridgehead atoms. The van der Waals surface area contributed by atoms with E-state index in [1.165, 1.54) is 25.3 Å². The van der Waals surface area contributed by atoms with Crippen LogP contribution in [0.5, 0.6) is 5.75 Å². The molecule has 1 saturated heterocycles. The molecule has 1 aliphatic carbocycles. The molecule has 1 heterocycles. The first-order chi connectivity index (χ1) is 12.8. The van der Waals surface area contributed by atoms with Gasteiger partial charge in [0, 0.05) is 17.7 Å². The summed E-state index contributed by atoms with van der Waals surface area (Å²) in [6.45, 7) is 0.849. The maximum Gasteiger partial charge on any atom is 0.326 e. The molecule has 1 aromatic carbocycles. The zero-order valence-corrected chi connectivity index (χ0v) is 14.9. The monoisotopic (exact) mass is 377 g/mol. The molecule has 0 spiro atoms. The quantitative estimate of drug-likeness (QED) is 0.329. The Kier molecular flexibility index (Phi) is 4.73. The van der Waals surface area contributed by atoms with Crippen LogP contribution in [0.1, 0.15) is 25.3 Å². The van der Waals surface area contributed by atoms with Crippen molar-refractivity contribution in [3.63, 3.8) is 0 Å². The van der Waals surface area contributed by atoms with E-state index in [4.69, 9.17) is 9.47 Å². The van der Waals surface area contributed by atoms with Crippen LogP contribution in [-0.4, -0.2) is 46.9 Å². The highest BCUT2D eigenvalue weighted by Crippen LogP contribution is 2.42. The van der Waals surface area contributed by atoms with Crippen molar-refractivity contribution in [1.29, 1.82) is 0 Å². The molecule has 0 radical (unpaired) electrons. The van der Waals surface area contributed by atoms with Gasteiger partial charge in [-0.1, -0.05) is 0 Å². The van der Waals surface area contributed by atoms with Gasteiger partial charge in [-0.25, -0.2) is 4.79 Å². The number of urea groups is 1. The Bertz CT molecular complexity index is 821. The first-order valence-electron chi connectivity index (χ1n) is 8.37. The number of rotatable bonds is 7. The molecule has 1 atom stereocenters. The van der Waals surface area contributed by atoms with E-state index in [-0.39, 0.29) is 18.2 Å². The number of nitrogens with zero attached hydrogens (tertiary/aromatic N) is 2. The first kappa shape index (κ1) is 18.6. The van der Waals surface area contributed by atoms with Crippen molar-refractivity contribution >= 4 is 23.6 Å². The van der Waals surface area contributed by atoms with Crippen LogP contribution >= 0.6 is 0 Å². The fraction of sp³-hybridized carbons (Fsp3) is 0.471. The van der Waals surface area contributed by atoms with Gasteiger partial charge in [0.1, 0.15) is 24.4 Å². The van der Waals surface area contributed by atoms with Crippen molar-refractivity contribution in [2.24, 2.45) is 5.92 Å². The largest absolute Gasteiger partial charge is 0.496 e. The average Bonchev–Trinajstić information content (AvgIpc) is 3.45. The third-order valence-corrected chi connectivity index (χ3v) is 4.85. The summed E-state index contributed by atoms with van der Waals surface area (Å²) >= 11 is 0. The lowest BCUT2D eigenvalue weighted by Crippen LogP contribution is -2.46. The number of hydrogen-bond acceptors (Lipinski definition) is 7. The Labute approximate surface area is 154 Å². The van der Waals surface area contributed by atoms with Crippen LogP contribution in [0.3, 0.4) is 0 Å². The third-order valence-electron chi connectivity index (χ3n) is 4.85. The summed E-state index contributed by atoms with van der Waals surface area (Å²) < 4.78 is 10.2. The molecule has 27 heavy (non-hydrogen) atoms.